The molecule has 0 spiro atoms. The molecule has 0 amide bonds. The predicted molar refractivity (Wildman–Crippen MR) is 28.5 cm³/mol. The van der Waals surface area contributed by atoms with E-state index in [2.05, 4.69) is 0 Å². The first kappa shape index (κ1) is 4.77. The molecule has 0 aromatic rings. The summed E-state index contributed by atoms with van der Waals surface area (Å²) < 4.78 is 5.20. The minimum absolute atomic E-state index is 0.125. The van der Waals surface area contributed by atoms with Gasteiger partial charge in [0.1, 0.15) is 5.60 Å². The zero-order chi connectivity index (χ0) is 5.78. The van der Waals surface area contributed by atoms with Gasteiger partial charge in [-0.1, -0.05) is 0 Å². The number of aliphatic hydroxyl groups is 1. The molecule has 0 aromatic heterocycles. The molecule has 0 bridgehead atoms. The van der Waals surface area contributed by atoms with Gasteiger partial charge in [-0.3, -0.25) is 0 Å². The van der Waals surface area contributed by atoms with E-state index in [9.17, 15) is 5.11 Å². The zero-order valence-corrected chi connectivity index (χ0v) is 4.92. The van der Waals surface area contributed by atoms with Gasteiger partial charge in [0.25, 0.3) is 0 Å². The molecular formula is C6H10O2. The first-order valence-corrected chi connectivity index (χ1v) is 3.09. The molecule has 2 nitrogen and oxygen atoms in total. The molecule has 1 N–H and O–H groups in total. The molecule has 46 valence electrons. The summed E-state index contributed by atoms with van der Waals surface area (Å²) in [6, 6.07) is 0. The molecule has 1 aliphatic carbocycles. The molecule has 8 heavy (non-hydrogen) atoms. The smallest absolute Gasteiger partial charge is 0.118 e. The van der Waals surface area contributed by atoms with Crippen molar-refractivity contribution in [2.45, 2.75) is 37.6 Å². The summed E-state index contributed by atoms with van der Waals surface area (Å²) >= 11 is 0. The molecule has 2 aliphatic rings. The van der Waals surface area contributed by atoms with Crippen molar-refractivity contribution in [2.24, 2.45) is 0 Å². The predicted octanol–water partition coefficient (Wildman–Crippen LogP) is 0.299. The molecule has 0 unspecified atom stereocenters. The molecule has 2 fully saturated rings. The number of hydrogen-bond donors (Lipinski definition) is 1. The Balaban J connectivity index is 2.19. The van der Waals surface area contributed by atoms with Crippen molar-refractivity contribution in [3.8, 4) is 0 Å². The van der Waals surface area contributed by atoms with Crippen molar-refractivity contribution in [1.82, 2.24) is 0 Å². The highest BCUT2D eigenvalue weighted by atomic mass is 16.6. The van der Waals surface area contributed by atoms with Gasteiger partial charge in [0.15, 0.2) is 0 Å². The maximum absolute atomic E-state index is 9.17. The van der Waals surface area contributed by atoms with Crippen LogP contribution in [0.25, 0.3) is 0 Å². The van der Waals surface area contributed by atoms with Crippen molar-refractivity contribution >= 4 is 0 Å². The Morgan fingerprint density at radius 3 is 2.50 bits per heavy atom. The van der Waals surface area contributed by atoms with Crippen molar-refractivity contribution < 1.29 is 9.84 Å². The standard InChI is InChI=1S/C6H10O2/c1-6-4(7)2-3-5(6)8-6/h4-5,7H,2-3H2,1H3/t4-,5+,6-/m1/s1. The van der Waals surface area contributed by atoms with Crippen LogP contribution in [0, 0.1) is 0 Å². The maximum atomic E-state index is 9.17. The molecular weight excluding hydrogens is 104 g/mol. The summed E-state index contributed by atoms with van der Waals surface area (Å²) in [6.45, 7) is 1.98. The second-order valence-electron chi connectivity index (χ2n) is 2.88. The third kappa shape index (κ3) is 0.361. The van der Waals surface area contributed by atoms with Crippen LogP contribution in [0.15, 0.2) is 0 Å². The third-order valence-electron chi connectivity index (χ3n) is 2.34. The largest absolute Gasteiger partial charge is 0.390 e. The summed E-state index contributed by atoms with van der Waals surface area (Å²) in [5.41, 5.74) is -0.125. The van der Waals surface area contributed by atoms with Gasteiger partial charge < -0.3 is 9.84 Å². The highest BCUT2D eigenvalue weighted by molar-refractivity contribution is 5.09. The lowest BCUT2D eigenvalue weighted by Crippen LogP contribution is -2.22. The first-order chi connectivity index (χ1) is 3.73. The summed E-state index contributed by atoms with van der Waals surface area (Å²) in [6.07, 6.45) is 2.18. The van der Waals surface area contributed by atoms with E-state index in [-0.39, 0.29) is 11.7 Å². The van der Waals surface area contributed by atoms with E-state index in [0.717, 1.165) is 12.8 Å². The lowest BCUT2D eigenvalue weighted by Gasteiger charge is -2.06. The summed E-state index contributed by atoms with van der Waals surface area (Å²) in [5.74, 6) is 0. The molecule has 1 heterocycles. The van der Waals surface area contributed by atoms with E-state index in [4.69, 9.17) is 4.74 Å². The van der Waals surface area contributed by atoms with Crippen LogP contribution in [0.2, 0.25) is 0 Å². The fourth-order valence-electron chi connectivity index (χ4n) is 1.51. The number of rotatable bonds is 0. The van der Waals surface area contributed by atoms with Crippen molar-refractivity contribution in [3.05, 3.63) is 0 Å². The van der Waals surface area contributed by atoms with E-state index in [1.54, 1.807) is 0 Å². The average molecular weight is 114 g/mol. The fraction of sp³-hybridized carbons (Fsp3) is 1.00. The second-order valence-corrected chi connectivity index (χ2v) is 2.88. The Kier molecular flexibility index (Phi) is 0.649. The molecule has 1 aliphatic heterocycles. The van der Waals surface area contributed by atoms with Gasteiger partial charge in [-0.15, -0.1) is 0 Å². The zero-order valence-electron chi connectivity index (χ0n) is 4.92. The van der Waals surface area contributed by atoms with Crippen LogP contribution in [0.4, 0.5) is 0 Å². The van der Waals surface area contributed by atoms with Gasteiger partial charge in [0.2, 0.25) is 0 Å². The first-order valence-electron chi connectivity index (χ1n) is 3.09. The lowest BCUT2D eigenvalue weighted by atomic mass is 10.1. The number of aliphatic hydroxyl groups excluding tert-OH is 1. The number of fused-ring (bicyclic) bond motifs is 1. The Morgan fingerprint density at radius 1 is 1.62 bits per heavy atom. The Labute approximate surface area is 48.5 Å². The van der Waals surface area contributed by atoms with E-state index in [1.807, 2.05) is 6.92 Å². The van der Waals surface area contributed by atoms with Crippen molar-refractivity contribution in [1.29, 1.82) is 0 Å². The monoisotopic (exact) mass is 114 g/mol. The Hall–Kier alpha value is -0.0800. The fourth-order valence-corrected chi connectivity index (χ4v) is 1.51. The number of epoxide rings is 1. The molecule has 2 rings (SSSR count). The average Bonchev–Trinajstić information content (AvgIpc) is 2.31. The van der Waals surface area contributed by atoms with Gasteiger partial charge in [-0.25, -0.2) is 0 Å². The van der Waals surface area contributed by atoms with Crippen LogP contribution in [-0.4, -0.2) is 22.9 Å². The minimum Gasteiger partial charge on any atom is -0.390 e. The molecule has 2 heteroatoms. The van der Waals surface area contributed by atoms with Crippen LogP contribution in [-0.2, 0) is 4.74 Å². The third-order valence-corrected chi connectivity index (χ3v) is 2.34. The molecule has 1 saturated heterocycles. The second kappa shape index (κ2) is 1.09. The normalized spacial score (nSPS) is 60.8. The van der Waals surface area contributed by atoms with Crippen molar-refractivity contribution in [2.75, 3.05) is 0 Å². The highest BCUT2D eigenvalue weighted by Crippen LogP contribution is 2.49. The summed E-state index contributed by atoms with van der Waals surface area (Å²) in [4.78, 5) is 0. The minimum atomic E-state index is -0.188. The van der Waals surface area contributed by atoms with E-state index >= 15 is 0 Å². The van der Waals surface area contributed by atoms with Crippen LogP contribution in [0.3, 0.4) is 0 Å². The molecule has 0 aromatic carbocycles. The molecule has 1 saturated carbocycles. The van der Waals surface area contributed by atoms with Crippen LogP contribution < -0.4 is 0 Å². The van der Waals surface area contributed by atoms with Crippen LogP contribution in [0.1, 0.15) is 19.8 Å². The van der Waals surface area contributed by atoms with E-state index in [1.165, 1.54) is 0 Å². The molecule has 3 atom stereocenters. The highest BCUT2D eigenvalue weighted by Gasteiger charge is 2.61. The summed E-state index contributed by atoms with van der Waals surface area (Å²) in [5, 5.41) is 9.17. The lowest BCUT2D eigenvalue weighted by molar-refractivity contribution is 0.0744. The van der Waals surface area contributed by atoms with Crippen LogP contribution >= 0.6 is 0 Å². The molecule has 0 radical (unpaired) electrons. The SMILES string of the molecule is C[C@]12O[C@H]1CC[C@H]2O. The topological polar surface area (TPSA) is 32.8 Å². The maximum Gasteiger partial charge on any atom is 0.118 e. The van der Waals surface area contributed by atoms with Gasteiger partial charge in [0, 0.05) is 0 Å². The van der Waals surface area contributed by atoms with Gasteiger partial charge in [0.05, 0.1) is 12.2 Å². The number of ether oxygens (including phenoxy) is 1. The van der Waals surface area contributed by atoms with Gasteiger partial charge in [-0.2, -0.15) is 0 Å². The van der Waals surface area contributed by atoms with Crippen LogP contribution in [0.5, 0.6) is 0 Å². The quantitative estimate of drug-likeness (QED) is 0.459. The van der Waals surface area contributed by atoms with E-state index < -0.39 is 0 Å². The van der Waals surface area contributed by atoms with Gasteiger partial charge >= 0.3 is 0 Å². The Morgan fingerprint density at radius 2 is 2.38 bits per heavy atom. The van der Waals surface area contributed by atoms with Gasteiger partial charge in [-0.05, 0) is 19.8 Å². The van der Waals surface area contributed by atoms with E-state index in [0.29, 0.717) is 6.10 Å². The summed E-state index contributed by atoms with van der Waals surface area (Å²) in [7, 11) is 0. The Bertz CT molecular complexity index is 122. The van der Waals surface area contributed by atoms with Crippen molar-refractivity contribution in [3.63, 3.8) is 0 Å². The number of hydrogen-bond acceptors (Lipinski definition) is 2.